The van der Waals surface area contributed by atoms with Gasteiger partial charge in [0.1, 0.15) is 0 Å². The molecule has 0 spiro atoms. The van der Waals surface area contributed by atoms with Gasteiger partial charge >= 0.3 is 0 Å². The number of amides is 1. The van der Waals surface area contributed by atoms with Crippen LogP contribution in [-0.2, 0) is 11.2 Å². The van der Waals surface area contributed by atoms with Crippen LogP contribution >= 0.6 is 0 Å². The Balaban J connectivity index is 1.93. The van der Waals surface area contributed by atoms with E-state index in [1.165, 1.54) is 0 Å². The number of fused-ring (bicyclic) bond motifs is 1. The molecule has 0 aliphatic rings. The molecular weight excluding hydrogens is 296 g/mol. The van der Waals surface area contributed by atoms with Crippen molar-refractivity contribution in [3.05, 3.63) is 77.5 Å². The number of nitrogens with zero attached hydrogens (tertiary/aromatic N) is 1. The summed E-state index contributed by atoms with van der Waals surface area (Å²) in [4.78, 5) is 17.0. The fourth-order valence-electron chi connectivity index (χ4n) is 2.76. The topological polar surface area (TPSA) is 42.0 Å². The van der Waals surface area contributed by atoms with Crippen LogP contribution in [0.5, 0.6) is 0 Å². The summed E-state index contributed by atoms with van der Waals surface area (Å²) in [7, 11) is 0. The molecule has 3 heteroatoms. The molecule has 3 aromatic rings. The summed E-state index contributed by atoms with van der Waals surface area (Å²) < 4.78 is 0. The molecule has 2 aromatic carbocycles. The van der Waals surface area contributed by atoms with Crippen LogP contribution in [0.15, 0.2) is 60.7 Å². The lowest BCUT2D eigenvalue weighted by Crippen LogP contribution is -2.11. The van der Waals surface area contributed by atoms with E-state index in [4.69, 9.17) is 0 Å². The van der Waals surface area contributed by atoms with Gasteiger partial charge in [-0.15, -0.1) is 0 Å². The molecule has 0 saturated carbocycles. The van der Waals surface area contributed by atoms with Crippen molar-refractivity contribution in [2.24, 2.45) is 0 Å². The zero-order chi connectivity index (χ0) is 16.9. The van der Waals surface area contributed by atoms with Crippen molar-refractivity contribution in [1.82, 2.24) is 4.98 Å². The molecule has 0 unspecified atom stereocenters. The van der Waals surface area contributed by atoms with Crippen molar-refractivity contribution in [2.45, 2.75) is 20.3 Å². The highest BCUT2D eigenvalue weighted by Crippen LogP contribution is 2.28. The van der Waals surface area contributed by atoms with Crippen molar-refractivity contribution in [1.29, 1.82) is 0 Å². The molecular formula is C21H20N2O. The molecule has 0 aliphatic heterocycles. The summed E-state index contributed by atoms with van der Waals surface area (Å²) in [5.41, 5.74) is 4.79. The quantitative estimate of drug-likeness (QED) is 0.705. The van der Waals surface area contributed by atoms with Crippen molar-refractivity contribution >= 4 is 28.6 Å². The Hall–Kier alpha value is -2.94. The van der Waals surface area contributed by atoms with Crippen LogP contribution in [0.4, 0.5) is 5.69 Å². The predicted molar refractivity (Wildman–Crippen MR) is 100.0 cm³/mol. The Morgan fingerprint density at radius 3 is 2.54 bits per heavy atom. The Kier molecular flexibility index (Phi) is 4.71. The molecule has 24 heavy (non-hydrogen) atoms. The Labute approximate surface area is 142 Å². The highest BCUT2D eigenvalue weighted by Gasteiger charge is 2.12. The van der Waals surface area contributed by atoms with Crippen molar-refractivity contribution < 1.29 is 4.79 Å². The van der Waals surface area contributed by atoms with Gasteiger partial charge in [0.05, 0.1) is 11.2 Å². The number of carbonyl (C=O) groups excluding carboxylic acids is 1. The minimum atomic E-state index is -0.139. The molecule has 1 amide bonds. The number of rotatable bonds is 4. The van der Waals surface area contributed by atoms with Crippen LogP contribution in [0.1, 0.15) is 23.7 Å². The molecule has 0 bridgehead atoms. The van der Waals surface area contributed by atoms with E-state index in [0.29, 0.717) is 0 Å². The van der Waals surface area contributed by atoms with E-state index in [2.05, 4.69) is 17.2 Å². The average Bonchev–Trinajstić information content (AvgIpc) is 2.63. The van der Waals surface area contributed by atoms with Crippen molar-refractivity contribution in [3.8, 4) is 0 Å². The van der Waals surface area contributed by atoms with E-state index in [-0.39, 0.29) is 5.91 Å². The highest BCUT2D eigenvalue weighted by molar-refractivity contribution is 6.07. The zero-order valence-electron chi connectivity index (χ0n) is 13.9. The summed E-state index contributed by atoms with van der Waals surface area (Å²) in [5.74, 6) is -0.139. The van der Waals surface area contributed by atoms with Crippen molar-refractivity contribution in [3.63, 3.8) is 0 Å². The fourth-order valence-corrected chi connectivity index (χ4v) is 2.76. The van der Waals surface area contributed by atoms with Gasteiger partial charge in [0.25, 0.3) is 0 Å². The minimum Gasteiger partial charge on any atom is -0.322 e. The first-order chi connectivity index (χ1) is 11.7. The van der Waals surface area contributed by atoms with Gasteiger partial charge < -0.3 is 5.32 Å². The van der Waals surface area contributed by atoms with Gasteiger partial charge in [-0.25, -0.2) is 0 Å². The molecule has 0 radical (unpaired) electrons. The molecule has 0 fully saturated rings. The number of anilines is 1. The molecule has 0 saturated heterocycles. The van der Waals surface area contributed by atoms with Crippen molar-refractivity contribution in [2.75, 3.05) is 5.32 Å². The lowest BCUT2D eigenvalue weighted by atomic mass is 10.1. The molecule has 0 atom stereocenters. The van der Waals surface area contributed by atoms with E-state index in [0.717, 1.165) is 39.8 Å². The average molecular weight is 316 g/mol. The maximum absolute atomic E-state index is 12.4. The maximum atomic E-state index is 12.4. The molecule has 120 valence electrons. The van der Waals surface area contributed by atoms with Crippen LogP contribution in [0.25, 0.3) is 17.0 Å². The number of pyridine rings is 1. The second-order valence-corrected chi connectivity index (χ2v) is 5.66. The number of para-hydroxylation sites is 1. The second kappa shape index (κ2) is 7.09. The van der Waals surface area contributed by atoms with Crippen LogP contribution < -0.4 is 5.32 Å². The monoisotopic (exact) mass is 316 g/mol. The second-order valence-electron chi connectivity index (χ2n) is 5.66. The van der Waals surface area contributed by atoms with E-state index >= 15 is 0 Å². The smallest absolute Gasteiger partial charge is 0.248 e. The minimum absolute atomic E-state index is 0.139. The molecule has 0 aliphatic carbocycles. The molecule has 1 N–H and O–H groups in total. The predicted octanol–water partition coefficient (Wildman–Crippen LogP) is 4.76. The first-order valence-electron chi connectivity index (χ1n) is 8.11. The lowest BCUT2D eigenvalue weighted by Gasteiger charge is -2.14. The highest BCUT2D eigenvalue weighted by atomic mass is 16.1. The summed E-state index contributed by atoms with van der Waals surface area (Å²) in [6.45, 7) is 4.08. The number of hydrogen-bond acceptors (Lipinski definition) is 2. The standard InChI is InChI=1S/C21H20N2O/c1-3-18-15(2)21(17-11-7-8-12-19(17)22-18)23-20(24)14-13-16-9-5-4-6-10-16/h4-14H,3H2,1-2H3,(H,22,23,24)/b14-13+. The van der Waals surface area contributed by atoms with Gasteiger partial charge in [-0.05, 0) is 36.6 Å². The summed E-state index contributed by atoms with van der Waals surface area (Å²) in [5, 5.41) is 4.00. The van der Waals surface area contributed by atoms with E-state index < -0.39 is 0 Å². The number of aryl methyl sites for hydroxylation is 1. The third-order valence-electron chi connectivity index (χ3n) is 4.05. The largest absolute Gasteiger partial charge is 0.322 e. The van der Waals surface area contributed by atoms with Gasteiger partial charge in [0.2, 0.25) is 5.91 Å². The van der Waals surface area contributed by atoms with Gasteiger partial charge in [0.15, 0.2) is 0 Å². The molecule has 3 nitrogen and oxygen atoms in total. The normalized spacial score (nSPS) is 11.1. The molecule has 1 heterocycles. The molecule has 3 rings (SSSR count). The number of aromatic nitrogens is 1. The summed E-state index contributed by atoms with van der Waals surface area (Å²) in [6, 6.07) is 17.7. The zero-order valence-corrected chi connectivity index (χ0v) is 13.9. The maximum Gasteiger partial charge on any atom is 0.248 e. The Morgan fingerprint density at radius 1 is 1.08 bits per heavy atom. The number of hydrogen-bond donors (Lipinski definition) is 1. The first kappa shape index (κ1) is 15.9. The SMILES string of the molecule is CCc1nc2ccccc2c(NC(=O)/C=C/c2ccccc2)c1C. The van der Waals surface area contributed by atoms with E-state index in [1.807, 2.05) is 67.6 Å². The number of nitrogens with one attached hydrogen (secondary N) is 1. The van der Waals surface area contributed by atoms with Crippen LogP contribution in [0.3, 0.4) is 0 Å². The van der Waals surface area contributed by atoms with E-state index in [1.54, 1.807) is 6.08 Å². The van der Waals surface area contributed by atoms with Gasteiger partial charge in [-0.3, -0.25) is 9.78 Å². The van der Waals surface area contributed by atoms with Crippen LogP contribution in [-0.4, -0.2) is 10.9 Å². The van der Waals surface area contributed by atoms with Gasteiger partial charge in [0, 0.05) is 17.2 Å². The van der Waals surface area contributed by atoms with Gasteiger partial charge in [-0.1, -0.05) is 55.5 Å². The third kappa shape index (κ3) is 3.35. The summed E-state index contributed by atoms with van der Waals surface area (Å²) in [6.07, 6.45) is 4.21. The van der Waals surface area contributed by atoms with E-state index in [9.17, 15) is 4.79 Å². The lowest BCUT2D eigenvalue weighted by molar-refractivity contribution is -0.111. The van der Waals surface area contributed by atoms with Crippen LogP contribution in [0, 0.1) is 6.92 Å². The molecule has 1 aromatic heterocycles. The fraction of sp³-hybridized carbons (Fsp3) is 0.143. The number of carbonyl (C=O) groups is 1. The Morgan fingerprint density at radius 2 is 1.79 bits per heavy atom. The van der Waals surface area contributed by atoms with Gasteiger partial charge in [-0.2, -0.15) is 0 Å². The Bertz CT molecular complexity index is 898. The van der Waals surface area contributed by atoms with Crippen LogP contribution in [0.2, 0.25) is 0 Å². The first-order valence-corrected chi connectivity index (χ1v) is 8.11. The third-order valence-corrected chi connectivity index (χ3v) is 4.05. The summed E-state index contributed by atoms with van der Waals surface area (Å²) >= 11 is 0. The number of benzene rings is 2.